The summed E-state index contributed by atoms with van der Waals surface area (Å²) in [5, 5.41) is 3.53. The fourth-order valence-electron chi connectivity index (χ4n) is 5.10. The number of rotatable bonds is 4. The van der Waals surface area contributed by atoms with Crippen LogP contribution in [0.1, 0.15) is 62.3 Å². The maximum Gasteiger partial charge on any atom is 0.431 e. The van der Waals surface area contributed by atoms with E-state index in [2.05, 4.69) is 5.32 Å². The van der Waals surface area contributed by atoms with E-state index >= 15 is 0 Å². The van der Waals surface area contributed by atoms with E-state index in [1.807, 2.05) is 27.7 Å². The molecule has 4 rings (SSSR count). The molecule has 2 aromatic rings. The SMILES string of the molecule is COc1cc(C(=O)N2CCC3(CC2)NCC(C)(C)n2c(C(F)(F)F)ccc23)ccc1OC(C)C. The Morgan fingerprint density at radius 3 is 2.35 bits per heavy atom. The molecule has 2 aliphatic rings. The summed E-state index contributed by atoms with van der Waals surface area (Å²) in [7, 11) is 1.53. The fraction of sp³-hybridized carbons (Fsp3) is 0.560. The van der Waals surface area contributed by atoms with Crippen LogP contribution in [-0.2, 0) is 17.3 Å². The largest absolute Gasteiger partial charge is 0.493 e. The average molecular weight is 480 g/mol. The van der Waals surface area contributed by atoms with Crippen LogP contribution in [0.25, 0.3) is 0 Å². The summed E-state index contributed by atoms with van der Waals surface area (Å²) in [4.78, 5) is 15.0. The number of aromatic nitrogens is 1. The van der Waals surface area contributed by atoms with Crippen LogP contribution < -0.4 is 14.8 Å². The quantitative estimate of drug-likeness (QED) is 0.686. The van der Waals surface area contributed by atoms with Crippen molar-refractivity contribution in [2.45, 2.75) is 63.9 Å². The summed E-state index contributed by atoms with van der Waals surface area (Å²) < 4.78 is 53.7. The Hall–Kier alpha value is -2.68. The number of nitrogens with zero attached hydrogens (tertiary/aromatic N) is 2. The first-order chi connectivity index (χ1) is 15.9. The van der Waals surface area contributed by atoms with Gasteiger partial charge in [0.25, 0.3) is 5.91 Å². The third-order valence-corrected chi connectivity index (χ3v) is 6.80. The second-order valence-corrected chi connectivity index (χ2v) is 10.0. The van der Waals surface area contributed by atoms with Crippen LogP contribution in [0.3, 0.4) is 0 Å². The Bertz CT molecular complexity index is 1070. The highest BCUT2D eigenvalue weighted by Crippen LogP contribution is 2.44. The second kappa shape index (κ2) is 8.52. The Balaban J connectivity index is 1.55. The van der Waals surface area contributed by atoms with Gasteiger partial charge in [0.15, 0.2) is 11.5 Å². The summed E-state index contributed by atoms with van der Waals surface area (Å²) in [6.45, 7) is 8.73. The molecule has 1 spiro atoms. The number of hydrogen-bond donors (Lipinski definition) is 1. The molecule has 0 aliphatic carbocycles. The summed E-state index contributed by atoms with van der Waals surface area (Å²) >= 11 is 0. The lowest BCUT2D eigenvalue weighted by atomic mass is 9.80. The molecule has 2 aliphatic heterocycles. The fourth-order valence-corrected chi connectivity index (χ4v) is 5.10. The van der Waals surface area contributed by atoms with Crippen molar-refractivity contribution < 1.29 is 27.4 Å². The molecular formula is C25H32F3N3O3. The summed E-state index contributed by atoms with van der Waals surface area (Å²) in [5.41, 5.74) is -0.798. The zero-order valence-electron chi connectivity index (χ0n) is 20.3. The molecule has 1 amide bonds. The van der Waals surface area contributed by atoms with Gasteiger partial charge in [-0.2, -0.15) is 13.2 Å². The minimum atomic E-state index is -4.42. The van der Waals surface area contributed by atoms with Crippen molar-refractivity contribution in [1.82, 2.24) is 14.8 Å². The zero-order valence-corrected chi connectivity index (χ0v) is 20.3. The van der Waals surface area contributed by atoms with Crippen LogP contribution in [0.5, 0.6) is 11.5 Å². The molecule has 1 fully saturated rings. The molecule has 0 bridgehead atoms. The highest BCUT2D eigenvalue weighted by molar-refractivity contribution is 5.95. The topological polar surface area (TPSA) is 55.7 Å². The van der Waals surface area contributed by atoms with Gasteiger partial charge in [0.05, 0.1) is 24.3 Å². The van der Waals surface area contributed by atoms with Crippen molar-refractivity contribution in [3.63, 3.8) is 0 Å². The van der Waals surface area contributed by atoms with Gasteiger partial charge >= 0.3 is 6.18 Å². The Labute approximate surface area is 198 Å². The molecule has 0 unspecified atom stereocenters. The van der Waals surface area contributed by atoms with E-state index in [1.54, 1.807) is 29.2 Å². The molecule has 0 radical (unpaired) electrons. The van der Waals surface area contributed by atoms with Crippen LogP contribution >= 0.6 is 0 Å². The van der Waals surface area contributed by atoms with Gasteiger partial charge in [-0.3, -0.25) is 4.79 Å². The number of halogens is 3. The number of nitrogens with one attached hydrogen (secondary N) is 1. The Kier molecular flexibility index (Phi) is 6.12. The summed E-state index contributed by atoms with van der Waals surface area (Å²) in [6, 6.07) is 7.89. The lowest BCUT2D eigenvalue weighted by molar-refractivity contribution is -0.146. The number of fused-ring (bicyclic) bond motifs is 2. The van der Waals surface area contributed by atoms with Crippen LogP contribution in [-0.4, -0.2) is 48.2 Å². The number of methoxy groups -OCH3 is 1. The smallest absolute Gasteiger partial charge is 0.431 e. The van der Waals surface area contributed by atoms with Crippen molar-refractivity contribution in [3.05, 3.63) is 47.3 Å². The number of alkyl halides is 3. The van der Waals surface area contributed by atoms with Gasteiger partial charge in [0.2, 0.25) is 0 Å². The van der Waals surface area contributed by atoms with Gasteiger partial charge in [-0.1, -0.05) is 0 Å². The standard InChI is InChI=1S/C25H32F3N3O3/c1-16(2)34-18-7-6-17(14-19(18)33-5)22(32)30-12-10-24(11-13-30)20-8-9-21(25(26,27)28)31(20)23(3,4)15-29-24/h6-9,14,16,29H,10-13,15H2,1-5H3. The minimum Gasteiger partial charge on any atom is -0.493 e. The number of hydrogen-bond acceptors (Lipinski definition) is 4. The van der Waals surface area contributed by atoms with E-state index in [1.165, 1.54) is 17.7 Å². The van der Waals surface area contributed by atoms with E-state index in [9.17, 15) is 18.0 Å². The van der Waals surface area contributed by atoms with E-state index in [-0.39, 0.29) is 12.0 Å². The van der Waals surface area contributed by atoms with E-state index < -0.39 is 22.9 Å². The predicted molar refractivity (Wildman–Crippen MR) is 122 cm³/mol. The minimum absolute atomic E-state index is 0.0292. The molecule has 3 heterocycles. The highest BCUT2D eigenvalue weighted by atomic mass is 19.4. The van der Waals surface area contributed by atoms with Gasteiger partial charge < -0.3 is 24.3 Å². The Morgan fingerprint density at radius 2 is 1.76 bits per heavy atom. The molecule has 186 valence electrons. The summed E-state index contributed by atoms with van der Waals surface area (Å²) in [5.74, 6) is 0.926. The van der Waals surface area contributed by atoms with Crippen molar-refractivity contribution >= 4 is 5.91 Å². The van der Waals surface area contributed by atoms with E-state index in [4.69, 9.17) is 9.47 Å². The van der Waals surface area contributed by atoms with Gasteiger partial charge in [-0.05, 0) is 70.9 Å². The van der Waals surface area contributed by atoms with Crippen LogP contribution in [0.4, 0.5) is 13.2 Å². The van der Waals surface area contributed by atoms with Crippen LogP contribution in [0.15, 0.2) is 30.3 Å². The van der Waals surface area contributed by atoms with Crippen molar-refractivity contribution in [2.24, 2.45) is 0 Å². The normalized spacial score (nSPS) is 19.3. The van der Waals surface area contributed by atoms with Gasteiger partial charge in [0.1, 0.15) is 5.69 Å². The van der Waals surface area contributed by atoms with E-state index in [0.717, 1.165) is 0 Å². The highest BCUT2D eigenvalue weighted by Gasteiger charge is 2.49. The number of piperidine rings is 1. The van der Waals surface area contributed by atoms with Gasteiger partial charge in [-0.25, -0.2) is 0 Å². The van der Waals surface area contributed by atoms with Crippen molar-refractivity contribution in [2.75, 3.05) is 26.7 Å². The van der Waals surface area contributed by atoms with Gasteiger partial charge in [0, 0.05) is 30.9 Å². The average Bonchev–Trinajstić information content (AvgIpc) is 3.25. The van der Waals surface area contributed by atoms with Crippen LogP contribution in [0.2, 0.25) is 0 Å². The first-order valence-electron chi connectivity index (χ1n) is 11.6. The number of benzene rings is 1. The number of ether oxygens (including phenoxy) is 2. The lowest BCUT2D eigenvalue weighted by Gasteiger charge is -2.50. The molecule has 6 nitrogen and oxygen atoms in total. The molecule has 1 aromatic carbocycles. The third kappa shape index (κ3) is 4.26. The monoisotopic (exact) mass is 479 g/mol. The molecule has 34 heavy (non-hydrogen) atoms. The second-order valence-electron chi connectivity index (χ2n) is 10.0. The Morgan fingerprint density at radius 1 is 1.09 bits per heavy atom. The van der Waals surface area contributed by atoms with Crippen LogP contribution in [0, 0.1) is 0 Å². The maximum atomic E-state index is 13.7. The van der Waals surface area contributed by atoms with Crippen molar-refractivity contribution in [3.8, 4) is 11.5 Å². The molecule has 9 heteroatoms. The molecule has 0 atom stereocenters. The van der Waals surface area contributed by atoms with Crippen molar-refractivity contribution in [1.29, 1.82) is 0 Å². The molecule has 1 saturated heterocycles. The first-order valence-corrected chi connectivity index (χ1v) is 11.6. The van der Waals surface area contributed by atoms with E-state index in [0.29, 0.717) is 55.2 Å². The number of carbonyl (C=O) groups is 1. The third-order valence-electron chi connectivity index (χ3n) is 6.80. The first kappa shape index (κ1) is 24.4. The zero-order chi connectivity index (χ0) is 24.9. The predicted octanol–water partition coefficient (Wildman–Crippen LogP) is 4.77. The van der Waals surface area contributed by atoms with Gasteiger partial charge in [-0.15, -0.1) is 0 Å². The lowest BCUT2D eigenvalue weighted by Crippen LogP contribution is -2.61. The summed E-state index contributed by atoms with van der Waals surface area (Å²) in [6.07, 6.45) is -3.39. The molecule has 1 aromatic heterocycles. The number of amides is 1. The molecule has 0 saturated carbocycles. The maximum absolute atomic E-state index is 13.7. The number of likely N-dealkylation sites (tertiary alicyclic amines) is 1. The number of carbonyl (C=O) groups excluding carboxylic acids is 1. The molecular weight excluding hydrogens is 447 g/mol. The molecule has 1 N–H and O–H groups in total.